The van der Waals surface area contributed by atoms with Crippen molar-refractivity contribution in [3.05, 3.63) is 47.0 Å². The van der Waals surface area contributed by atoms with Gasteiger partial charge in [0.15, 0.2) is 5.69 Å². The number of hydrogen-bond acceptors (Lipinski definition) is 7. The smallest absolute Gasteiger partial charge is 0.358 e. The lowest BCUT2D eigenvalue weighted by molar-refractivity contribution is 0.0522. The summed E-state index contributed by atoms with van der Waals surface area (Å²) in [5.41, 5.74) is 2.09. The number of thiophene rings is 1. The third-order valence-corrected chi connectivity index (χ3v) is 4.64. The summed E-state index contributed by atoms with van der Waals surface area (Å²) in [6.07, 6.45) is 0. The molecule has 3 aromatic rings. The van der Waals surface area contributed by atoms with Crippen LogP contribution >= 0.6 is 11.3 Å². The highest BCUT2D eigenvalue weighted by atomic mass is 32.1. The Bertz CT molecular complexity index is 877. The first kappa shape index (κ1) is 17.2. The van der Waals surface area contributed by atoms with Crippen LogP contribution in [-0.4, -0.2) is 29.7 Å². The molecule has 1 aromatic carbocycles. The maximum atomic E-state index is 12.2. The fourth-order valence-electron chi connectivity index (χ4n) is 2.44. The number of carbonyl (C=O) groups excluding carboxylic acids is 1. The second kappa shape index (κ2) is 7.48. The van der Waals surface area contributed by atoms with E-state index in [0.29, 0.717) is 18.2 Å². The summed E-state index contributed by atoms with van der Waals surface area (Å²) in [6, 6.07) is 9.60. The summed E-state index contributed by atoms with van der Waals surface area (Å²) in [5.74, 6) is 0.770. The largest absolute Gasteiger partial charge is 0.497 e. The van der Waals surface area contributed by atoms with Gasteiger partial charge in [-0.15, -0.1) is 11.3 Å². The molecule has 0 unspecified atom stereocenters. The molecule has 6 nitrogen and oxygen atoms in total. The number of fused-ring (bicyclic) bond motifs is 1. The standard InChI is InChI=1S/C18H19N3O3S/c1-4-24-17(22)15-16-14(9-10-25-16)20-18(21-15)19-11(2)12-5-7-13(23-3)8-6-12/h5-11H,4H2,1-3H3,(H,19,20,21)/t11-/m0/s1. The van der Waals surface area contributed by atoms with Gasteiger partial charge in [0.05, 0.1) is 30.0 Å². The van der Waals surface area contributed by atoms with Gasteiger partial charge in [0.25, 0.3) is 0 Å². The monoisotopic (exact) mass is 357 g/mol. The van der Waals surface area contributed by atoms with Crippen LogP contribution in [0.1, 0.15) is 35.9 Å². The fraction of sp³-hybridized carbons (Fsp3) is 0.278. The van der Waals surface area contributed by atoms with E-state index < -0.39 is 5.97 Å². The molecule has 25 heavy (non-hydrogen) atoms. The van der Waals surface area contributed by atoms with Crippen LogP contribution in [0.5, 0.6) is 5.75 Å². The number of benzene rings is 1. The molecule has 0 aliphatic rings. The Morgan fingerprint density at radius 3 is 2.68 bits per heavy atom. The first-order valence-corrected chi connectivity index (χ1v) is 8.83. The summed E-state index contributed by atoms with van der Waals surface area (Å²) in [4.78, 5) is 21.1. The average Bonchev–Trinajstić information content (AvgIpc) is 3.09. The molecular formula is C18H19N3O3S. The lowest BCUT2D eigenvalue weighted by atomic mass is 10.1. The van der Waals surface area contributed by atoms with Gasteiger partial charge in [0.1, 0.15) is 5.75 Å². The molecule has 0 aliphatic heterocycles. The summed E-state index contributed by atoms with van der Waals surface area (Å²) >= 11 is 1.43. The SMILES string of the molecule is CCOC(=O)c1nc(N[C@@H](C)c2ccc(OC)cc2)nc2ccsc12. The van der Waals surface area contributed by atoms with E-state index in [2.05, 4.69) is 15.3 Å². The summed E-state index contributed by atoms with van der Waals surface area (Å²) in [5, 5.41) is 5.14. The third-order valence-electron chi connectivity index (χ3n) is 3.73. The number of hydrogen-bond donors (Lipinski definition) is 1. The highest BCUT2D eigenvalue weighted by Crippen LogP contribution is 2.26. The summed E-state index contributed by atoms with van der Waals surface area (Å²) < 4.78 is 11.0. The molecule has 0 saturated heterocycles. The van der Waals surface area contributed by atoms with Crippen LogP contribution in [0.2, 0.25) is 0 Å². The van der Waals surface area contributed by atoms with Crippen LogP contribution in [0, 0.1) is 0 Å². The first-order valence-electron chi connectivity index (χ1n) is 7.95. The number of carbonyl (C=O) groups is 1. The van der Waals surface area contributed by atoms with E-state index in [1.165, 1.54) is 11.3 Å². The molecule has 0 spiro atoms. The Hall–Kier alpha value is -2.67. The van der Waals surface area contributed by atoms with Crippen molar-refractivity contribution in [3.63, 3.8) is 0 Å². The fourth-order valence-corrected chi connectivity index (χ4v) is 3.24. The molecule has 1 atom stereocenters. The van der Waals surface area contributed by atoms with Crippen molar-refractivity contribution in [2.24, 2.45) is 0 Å². The number of rotatable bonds is 6. The lowest BCUT2D eigenvalue weighted by Gasteiger charge is -2.15. The van der Waals surface area contributed by atoms with Gasteiger partial charge in [0.2, 0.25) is 5.95 Å². The van der Waals surface area contributed by atoms with Crippen LogP contribution in [0.3, 0.4) is 0 Å². The number of nitrogens with one attached hydrogen (secondary N) is 1. The minimum atomic E-state index is -0.433. The maximum Gasteiger partial charge on any atom is 0.358 e. The van der Waals surface area contributed by atoms with Gasteiger partial charge in [-0.05, 0) is 43.0 Å². The number of aromatic nitrogens is 2. The van der Waals surface area contributed by atoms with Crippen molar-refractivity contribution in [3.8, 4) is 5.75 Å². The molecule has 2 aromatic heterocycles. The number of esters is 1. The van der Waals surface area contributed by atoms with Crippen LogP contribution in [0.25, 0.3) is 10.2 Å². The highest BCUT2D eigenvalue weighted by Gasteiger charge is 2.18. The van der Waals surface area contributed by atoms with Crippen LogP contribution in [0.15, 0.2) is 35.7 Å². The minimum Gasteiger partial charge on any atom is -0.497 e. The van der Waals surface area contributed by atoms with Crippen molar-refractivity contribution in [2.45, 2.75) is 19.9 Å². The van der Waals surface area contributed by atoms with E-state index >= 15 is 0 Å². The van der Waals surface area contributed by atoms with Crippen molar-refractivity contribution in [2.75, 3.05) is 19.0 Å². The number of methoxy groups -OCH3 is 1. The second-order valence-electron chi connectivity index (χ2n) is 5.39. The van der Waals surface area contributed by atoms with Crippen LogP contribution in [-0.2, 0) is 4.74 Å². The molecule has 0 amide bonds. The second-order valence-corrected chi connectivity index (χ2v) is 6.31. The summed E-state index contributed by atoms with van der Waals surface area (Å²) in [6.45, 7) is 4.09. The Kier molecular flexibility index (Phi) is 5.14. The van der Waals surface area contributed by atoms with Crippen LogP contribution in [0.4, 0.5) is 5.95 Å². The number of ether oxygens (including phenoxy) is 2. The Labute approximate surface area is 149 Å². The maximum absolute atomic E-state index is 12.2. The zero-order chi connectivity index (χ0) is 17.8. The van der Waals surface area contributed by atoms with Gasteiger partial charge in [-0.25, -0.2) is 14.8 Å². The van der Waals surface area contributed by atoms with Gasteiger partial charge in [-0.2, -0.15) is 0 Å². The van der Waals surface area contributed by atoms with Gasteiger partial charge in [0, 0.05) is 0 Å². The van der Waals surface area contributed by atoms with Crippen molar-refractivity contribution >= 4 is 33.5 Å². The van der Waals surface area contributed by atoms with Gasteiger partial charge < -0.3 is 14.8 Å². The molecule has 130 valence electrons. The molecular weight excluding hydrogens is 338 g/mol. The normalized spacial score (nSPS) is 12.0. The zero-order valence-corrected chi connectivity index (χ0v) is 15.1. The molecule has 0 bridgehead atoms. The molecule has 1 N–H and O–H groups in total. The topological polar surface area (TPSA) is 73.3 Å². The predicted octanol–water partition coefficient (Wildman–Crippen LogP) is 4.05. The van der Waals surface area contributed by atoms with E-state index in [1.54, 1.807) is 14.0 Å². The quantitative estimate of drug-likeness (QED) is 0.671. The first-order chi connectivity index (χ1) is 12.1. The van der Waals surface area contributed by atoms with E-state index in [9.17, 15) is 4.79 Å². The van der Waals surface area contributed by atoms with E-state index in [0.717, 1.165) is 21.5 Å². The zero-order valence-electron chi connectivity index (χ0n) is 14.3. The molecule has 3 rings (SSSR count). The highest BCUT2D eigenvalue weighted by molar-refractivity contribution is 7.17. The van der Waals surface area contributed by atoms with Crippen molar-refractivity contribution in [1.82, 2.24) is 9.97 Å². The average molecular weight is 357 g/mol. The molecule has 0 fully saturated rings. The minimum absolute atomic E-state index is 0.0305. The van der Waals surface area contributed by atoms with E-state index in [4.69, 9.17) is 9.47 Å². The Morgan fingerprint density at radius 1 is 1.24 bits per heavy atom. The van der Waals surface area contributed by atoms with Gasteiger partial charge >= 0.3 is 5.97 Å². The van der Waals surface area contributed by atoms with E-state index in [1.807, 2.05) is 42.6 Å². The van der Waals surface area contributed by atoms with Gasteiger partial charge in [-0.1, -0.05) is 12.1 Å². The number of anilines is 1. The predicted molar refractivity (Wildman–Crippen MR) is 98.4 cm³/mol. The van der Waals surface area contributed by atoms with Crippen molar-refractivity contribution < 1.29 is 14.3 Å². The Balaban J connectivity index is 1.88. The van der Waals surface area contributed by atoms with E-state index in [-0.39, 0.29) is 6.04 Å². The molecule has 0 radical (unpaired) electrons. The number of nitrogens with zero attached hydrogens (tertiary/aromatic N) is 2. The summed E-state index contributed by atoms with van der Waals surface area (Å²) in [7, 11) is 1.64. The van der Waals surface area contributed by atoms with Crippen LogP contribution < -0.4 is 10.1 Å². The molecule has 2 heterocycles. The van der Waals surface area contributed by atoms with Crippen molar-refractivity contribution in [1.29, 1.82) is 0 Å². The third kappa shape index (κ3) is 3.71. The Morgan fingerprint density at radius 2 is 2.00 bits per heavy atom. The van der Waals surface area contributed by atoms with Gasteiger partial charge in [-0.3, -0.25) is 0 Å². The molecule has 7 heteroatoms. The molecule has 0 saturated carbocycles. The molecule has 0 aliphatic carbocycles. The lowest BCUT2D eigenvalue weighted by Crippen LogP contribution is -2.13.